The van der Waals surface area contributed by atoms with Crippen molar-refractivity contribution in [3.8, 4) is 0 Å². The lowest BCUT2D eigenvalue weighted by molar-refractivity contribution is -0.150. The van der Waals surface area contributed by atoms with Crippen molar-refractivity contribution in [3.05, 3.63) is 28.7 Å². The Balaban J connectivity index is 1.49. The van der Waals surface area contributed by atoms with Gasteiger partial charge in [0.15, 0.2) is 11.9 Å². The van der Waals surface area contributed by atoms with Crippen LogP contribution < -0.4 is 0 Å². The zero-order valence-electron chi connectivity index (χ0n) is 16.4. The molecule has 1 unspecified atom stereocenters. The van der Waals surface area contributed by atoms with Crippen molar-refractivity contribution in [1.29, 1.82) is 0 Å². The molecule has 1 atom stereocenters. The van der Waals surface area contributed by atoms with Gasteiger partial charge in [-0.3, -0.25) is 4.79 Å². The Morgan fingerprint density at radius 2 is 2.00 bits per heavy atom. The van der Waals surface area contributed by atoms with E-state index < -0.39 is 0 Å². The zero-order valence-corrected chi connectivity index (χ0v) is 16.4. The number of hydrogen-bond acceptors (Lipinski definition) is 5. The third-order valence-electron chi connectivity index (χ3n) is 5.71. The van der Waals surface area contributed by atoms with E-state index in [1.165, 1.54) is 0 Å². The average molecular weight is 372 g/mol. The van der Waals surface area contributed by atoms with Gasteiger partial charge in [0.25, 0.3) is 0 Å². The minimum absolute atomic E-state index is 0.0466. The molecule has 0 N–H and O–H groups in total. The van der Waals surface area contributed by atoms with Gasteiger partial charge in [-0.15, -0.1) is 0 Å². The lowest BCUT2D eigenvalue weighted by atomic mass is 9.99. The Labute approximate surface area is 159 Å². The number of ether oxygens (including phenoxy) is 2. The van der Waals surface area contributed by atoms with Gasteiger partial charge >= 0.3 is 0 Å². The minimum Gasteiger partial charge on any atom is -0.348 e. The van der Waals surface area contributed by atoms with E-state index in [2.05, 4.69) is 17.0 Å². The van der Waals surface area contributed by atoms with Gasteiger partial charge in [0.2, 0.25) is 5.91 Å². The lowest BCUT2D eigenvalue weighted by Crippen LogP contribution is -2.50. The quantitative estimate of drug-likeness (QED) is 0.824. The van der Waals surface area contributed by atoms with Crippen LogP contribution in [0.15, 0.2) is 6.07 Å². The van der Waals surface area contributed by atoms with Crippen molar-refractivity contribution in [2.75, 3.05) is 19.8 Å². The van der Waals surface area contributed by atoms with E-state index in [1.807, 2.05) is 29.3 Å². The summed E-state index contributed by atoms with van der Waals surface area (Å²) < 4.78 is 13.3. The summed E-state index contributed by atoms with van der Waals surface area (Å²) in [7, 11) is 0. The molecule has 2 fully saturated rings. The van der Waals surface area contributed by atoms with Gasteiger partial charge in [-0.05, 0) is 52.0 Å². The molecule has 0 bridgehead atoms. The number of nitrogens with zero attached hydrogens (tertiary/aromatic N) is 4. The maximum absolute atomic E-state index is 13.0. The highest BCUT2D eigenvalue weighted by atomic mass is 16.7. The summed E-state index contributed by atoms with van der Waals surface area (Å²) >= 11 is 0. The molecule has 1 amide bonds. The van der Waals surface area contributed by atoms with Crippen LogP contribution in [0.3, 0.4) is 0 Å². The molecule has 0 aliphatic carbocycles. The summed E-state index contributed by atoms with van der Waals surface area (Å²) in [5.74, 6) is 0.175. The summed E-state index contributed by atoms with van der Waals surface area (Å²) in [6.45, 7) is 8.07. The van der Waals surface area contributed by atoms with Crippen molar-refractivity contribution < 1.29 is 14.3 Å². The number of amides is 1. The van der Waals surface area contributed by atoms with Gasteiger partial charge < -0.3 is 14.4 Å². The predicted molar refractivity (Wildman–Crippen MR) is 101 cm³/mol. The molecular weight excluding hydrogens is 344 g/mol. The molecule has 146 valence electrons. The van der Waals surface area contributed by atoms with Gasteiger partial charge in [-0.2, -0.15) is 5.10 Å². The smallest absolute Gasteiger partial charge is 0.223 e. The predicted octanol–water partition coefficient (Wildman–Crippen LogP) is 2.34. The second-order valence-electron chi connectivity index (χ2n) is 7.58. The van der Waals surface area contributed by atoms with Crippen LogP contribution >= 0.6 is 0 Å². The van der Waals surface area contributed by atoms with Crippen molar-refractivity contribution in [1.82, 2.24) is 19.5 Å². The molecule has 7 heteroatoms. The van der Waals surface area contributed by atoms with Crippen LogP contribution in [-0.4, -0.2) is 57.5 Å². The molecule has 2 aliphatic heterocycles. The molecule has 27 heavy (non-hydrogen) atoms. The summed E-state index contributed by atoms with van der Waals surface area (Å²) in [6.07, 6.45) is 4.01. The number of aryl methyl sites for hydroxylation is 3. The summed E-state index contributed by atoms with van der Waals surface area (Å²) in [5, 5.41) is 4.52. The largest absolute Gasteiger partial charge is 0.348 e. The van der Waals surface area contributed by atoms with Gasteiger partial charge in [0.05, 0.1) is 24.9 Å². The highest BCUT2D eigenvalue weighted by Crippen LogP contribution is 2.26. The Morgan fingerprint density at radius 3 is 2.78 bits per heavy atom. The van der Waals surface area contributed by atoms with E-state index in [4.69, 9.17) is 9.47 Å². The number of hydrogen-bond donors (Lipinski definition) is 0. The van der Waals surface area contributed by atoms with Crippen molar-refractivity contribution in [2.45, 2.75) is 65.2 Å². The van der Waals surface area contributed by atoms with Crippen LogP contribution in [0.2, 0.25) is 0 Å². The van der Waals surface area contributed by atoms with Crippen molar-refractivity contribution >= 4 is 11.6 Å². The summed E-state index contributed by atoms with van der Waals surface area (Å²) in [6, 6.07) is 2.03. The number of likely N-dealkylation sites (tertiary alicyclic amines) is 1. The zero-order chi connectivity index (χ0) is 19.0. The monoisotopic (exact) mass is 372 g/mol. The fraction of sp³-hybridized carbons (Fsp3) is 0.650. The molecule has 7 nitrogen and oxygen atoms in total. The maximum atomic E-state index is 13.0. The molecule has 0 spiro atoms. The Kier molecular flexibility index (Phi) is 5.14. The summed E-state index contributed by atoms with van der Waals surface area (Å²) in [4.78, 5) is 19.6. The molecule has 2 saturated heterocycles. The topological polar surface area (TPSA) is 69.0 Å². The molecule has 4 heterocycles. The van der Waals surface area contributed by atoms with Crippen LogP contribution in [0, 0.1) is 20.8 Å². The fourth-order valence-electron chi connectivity index (χ4n) is 4.33. The van der Waals surface area contributed by atoms with Crippen LogP contribution in [0.25, 0.3) is 5.65 Å². The molecule has 2 aromatic rings. The SMILES string of the molecule is Cc1cc2nc(C)c(CCC(=O)N3CCCCC3C3OCCO3)c(C)n2n1. The maximum Gasteiger partial charge on any atom is 0.223 e. The summed E-state index contributed by atoms with van der Waals surface area (Å²) in [5.41, 5.74) is 4.97. The first-order valence-electron chi connectivity index (χ1n) is 9.89. The second kappa shape index (κ2) is 7.56. The minimum atomic E-state index is -0.261. The number of rotatable bonds is 4. The highest BCUT2D eigenvalue weighted by molar-refractivity contribution is 5.77. The molecule has 2 aromatic heterocycles. The number of aromatic nitrogens is 3. The van der Waals surface area contributed by atoms with Gasteiger partial charge in [-0.1, -0.05) is 0 Å². The van der Waals surface area contributed by atoms with Gasteiger partial charge in [0, 0.05) is 30.4 Å². The third kappa shape index (κ3) is 3.58. The van der Waals surface area contributed by atoms with E-state index in [-0.39, 0.29) is 18.2 Å². The number of fused-ring (bicyclic) bond motifs is 1. The van der Waals surface area contributed by atoms with E-state index in [0.717, 1.165) is 54.1 Å². The third-order valence-corrected chi connectivity index (χ3v) is 5.71. The number of carbonyl (C=O) groups is 1. The molecule has 2 aliphatic rings. The van der Waals surface area contributed by atoms with Crippen LogP contribution in [0.4, 0.5) is 0 Å². The van der Waals surface area contributed by atoms with E-state index in [1.54, 1.807) is 0 Å². The van der Waals surface area contributed by atoms with Gasteiger partial charge in [-0.25, -0.2) is 9.50 Å². The highest BCUT2D eigenvalue weighted by Gasteiger charge is 2.36. The van der Waals surface area contributed by atoms with Crippen LogP contribution in [-0.2, 0) is 20.7 Å². The van der Waals surface area contributed by atoms with Crippen LogP contribution in [0.5, 0.6) is 0 Å². The molecular formula is C20H28N4O3. The Morgan fingerprint density at radius 1 is 1.22 bits per heavy atom. The van der Waals surface area contributed by atoms with E-state index in [0.29, 0.717) is 26.1 Å². The van der Waals surface area contributed by atoms with Crippen molar-refractivity contribution in [3.63, 3.8) is 0 Å². The molecule has 0 aromatic carbocycles. The lowest BCUT2D eigenvalue weighted by Gasteiger charge is -2.38. The number of piperidine rings is 1. The first kappa shape index (κ1) is 18.4. The number of carbonyl (C=O) groups excluding carboxylic acids is 1. The standard InChI is InChI=1S/C20H28N4O3/c1-13-12-18-21-14(2)16(15(3)24(18)22-13)7-8-19(25)23-9-5-4-6-17(23)20-26-10-11-27-20/h12,17,20H,4-11H2,1-3H3. The molecule has 0 radical (unpaired) electrons. The molecule has 4 rings (SSSR count). The van der Waals surface area contributed by atoms with Crippen LogP contribution in [0.1, 0.15) is 48.3 Å². The normalized spacial score (nSPS) is 21.3. The van der Waals surface area contributed by atoms with Gasteiger partial charge in [0.1, 0.15) is 0 Å². The second-order valence-corrected chi connectivity index (χ2v) is 7.58. The first-order chi connectivity index (χ1) is 13.0. The average Bonchev–Trinajstić information content (AvgIpc) is 3.31. The van der Waals surface area contributed by atoms with Crippen molar-refractivity contribution in [2.24, 2.45) is 0 Å². The fourth-order valence-corrected chi connectivity index (χ4v) is 4.33. The first-order valence-corrected chi connectivity index (χ1v) is 9.89. The van der Waals surface area contributed by atoms with E-state index >= 15 is 0 Å². The van der Waals surface area contributed by atoms with E-state index in [9.17, 15) is 4.79 Å². The Bertz CT molecular complexity index is 841. The Hall–Kier alpha value is -1.99. The molecule has 0 saturated carbocycles.